The molecule has 0 spiro atoms. The molecule has 0 heterocycles. The average Bonchev–Trinajstić information content (AvgIpc) is 3.61. The molecule has 3 unspecified atom stereocenters. The van der Waals surface area contributed by atoms with E-state index < -0.39 is 26.6 Å². The number of rotatable bonds is 68. The minimum Gasteiger partial charge on any atom is -0.756 e. The monoisotopic (exact) mass is 1250 g/mol. The Bertz CT molecular complexity index is 1780. The molecule has 0 fully saturated rings. The summed E-state index contributed by atoms with van der Waals surface area (Å²) >= 11 is 0. The van der Waals surface area contributed by atoms with Crippen molar-refractivity contribution < 1.29 is 37.3 Å². The highest BCUT2D eigenvalue weighted by atomic mass is 31.2. The van der Waals surface area contributed by atoms with Crippen LogP contribution >= 0.6 is 7.82 Å². The molecule has 0 aliphatic rings. The second-order valence-corrected chi connectivity index (χ2v) is 27.8. The van der Waals surface area contributed by atoms with Crippen LogP contribution < -0.4 is 10.2 Å². The van der Waals surface area contributed by atoms with Crippen molar-refractivity contribution in [1.29, 1.82) is 0 Å². The van der Waals surface area contributed by atoms with Crippen molar-refractivity contribution in [3.8, 4) is 0 Å². The Labute approximate surface area is 546 Å². The molecule has 0 radical (unpaired) electrons. The number of nitrogens with one attached hydrogen (secondary N) is 1. The fraction of sp³-hybridized carbons (Fsp3) is 0.795. The van der Waals surface area contributed by atoms with E-state index >= 15 is 0 Å². The largest absolute Gasteiger partial charge is 0.756 e. The Hall–Kier alpha value is -2.81. The van der Waals surface area contributed by atoms with Crippen molar-refractivity contribution in [1.82, 2.24) is 5.32 Å². The fourth-order valence-electron chi connectivity index (χ4n) is 10.9. The predicted octanol–water partition coefficient (Wildman–Crippen LogP) is 23.4. The van der Waals surface area contributed by atoms with E-state index in [2.05, 4.69) is 99.0 Å². The SMILES string of the molecule is CC/C=C\C/C=C\C/C=C\C/C=C\C/C=C\C/C=C\CCCCCCCCCCC(=O)OC(/C=C/CCCCCCCCCCCC)C(COP(=O)([O-])OCC[N+](C)(C)C)NC(=O)CCCCCCCCCCCCCCCCCCCCCCCCC. The zero-order valence-corrected chi connectivity index (χ0v) is 59.6. The topological polar surface area (TPSA) is 114 Å². The number of nitrogens with zero attached hydrogens (tertiary/aromatic N) is 1. The zero-order valence-electron chi connectivity index (χ0n) is 58.7. The molecule has 0 rings (SSSR count). The van der Waals surface area contributed by atoms with E-state index in [1.807, 2.05) is 33.3 Å². The van der Waals surface area contributed by atoms with Crippen LogP contribution in [0.2, 0.25) is 0 Å². The molecule has 0 aliphatic heterocycles. The summed E-state index contributed by atoms with van der Waals surface area (Å²) in [5, 5.41) is 3.05. The van der Waals surface area contributed by atoms with Crippen LogP contribution in [0.5, 0.6) is 0 Å². The number of phosphoric ester groups is 1. The first-order valence-electron chi connectivity index (χ1n) is 37.4. The van der Waals surface area contributed by atoms with Gasteiger partial charge in [0.1, 0.15) is 19.3 Å². The van der Waals surface area contributed by atoms with Crippen LogP contribution in [0.3, 0.4) is 0 Å². The number of carbonyl (C=O) groups excluding carboxylic acids is 2. The Morgan fingerprint density at radius 1 is 0.409 bits per heavy atom. The predicted molar refractivity (Wildman–Crippen MR) is 381 cm³/mol. The lowest BCUT2D eigenvalue weighted by molar-refractivity contribution is -0.870. The lowest BCUT2D eigenvalue weighted by Gasteiger charge is -2.30. The summed E-state index contributed by atoms with van der Waals surface area (Å²) in [6.07, 6.45) is 90.0. The van der Waals surface area contributed by atoms with E-state index in [1.165, 1.54) is 205 Å². The molecule has 0 aromatic heterocycles. The van der Waals surface area contributed by atoms with Gasteiger partial charge >= 0.3 is 5.97 Å². The van der Waals surface area contributed by atoms with Gasteiger partial charge < -0.3 is 28.5 Å². The normalized spacial score (nSPS) is 13.9. The molecule has 0 aromatic rings. The molecule has 512 valence electrons. The molecule has 0 saturated heterocycles. The third-order valence-corrected chi connectivity index (χ3v) is 17.6. The number of likely N-dealkylation sites (N-methyl/N-ethyl adjacent to an activating group) is 1. The number of ether oxygens (including phenoxy) is 1. The first-order valence-corrected chi connectivity index (χ1v) is 38.9. The van der Waals surface area contributed by atoms with E-state index in [0.29, 0.717) is 17.4 Å². The quantitative estimate of drug-likeness (QED) is 0.0212. The van der Waals surface area contributed by atoms with Crippen molar-refractivity contribution in [3.63, 3.8) is 0 Å². The number of unbranched alkanes of at least 4 members (excludes halogenated alkanes) is 40. The van der Waals surface area contributed by atoms with Gasteiger partial charge in [0.25, 0.3) is 7.82 Å². The number of amides is 1. The fourth-order valence-corrected chi connectivity index (χ4v) is 11.6. The molecule has 9 nitrogen and oxygen atoms in total. The van der Waals surface area contributed by atoms with Gasteiger partial charge in [-0.2, -0.15) is 0 Å². The Morgan fingerprint density at radius 2 is 0.727 bits per heavy atom. The number of hydrogen-bond donors (Lipinski definition) is 1. The van der Waals surface area contributed by atoms with Gasteiger partial charge in [-0.05, 0) is 83.1 Å². The summed E-state index contributed by atoms with van der Waals surface area (Å²) < 4.78 is 30.5. The number of hydrogen-bond acceptors (Lipinski definition) is 7. The molecule has 0 aliphatic carbocycles. The van der Waals surface area contributed by atoms with Crippen LogP contribution in [0.4, 0.5) is 0 Å². The number of esters is 1. The van der Waals surface area contributed by atoms with Crippen LogP contribution in [-0.2, 0) is 27.9 Å². The van der Waals surface area contributed by atoms with Crippen molar-refractivity contribution in [2.24, 2.45) is 0 Å². The second-order valence-electron chi connectivity index (χ2n) is 26.4. The molecule has 3 atom stereocenters. The van der Waals surface area contributed by atoms with E-state index in [9.17, 15) is 19.0 Å². The van der Waals surface area contributed by atoms with Crippen LogP contribution in [0.1, 0.15) is 348 Å². The second kappa shape index (κ2) is 67.1. The summed E-state index contributed by atoms with van der Waals surface area (Å²) in [5.41, 5.74) is 0. The standard InChI is InChI=1S/C78H143N2O7P/c1-7-10-13-16-19-22-25-28-30-32-34-36-38-39-40-41-43-45-47-49-51-53-56-59-62-65-68-71-78(82)87-76(69-66-63-60-57-54-27-24-21-18-15-12-9-3)75(74-86-88(83,84)85-73-72-80(4,5)6)79-77(81)70-67-64-61-58-55-52-50-48-46-44-42-37-35-33-31-29-26-23-20-17-14-11-8-2/h10,13,19,22,28,30,34,36,39-40,43,45,66,69,75-76H,7-9,11-12,14-18,20-21,23-27,29,31-33,35,37-38,41-42,44,46-65,67-68,70-74H2,1-6H3,(H-,79,81,83,84)/b13-10-,22-19-,30-28-,36-34-,40-39-,45-43-,69-66+. The summed E-state index contributed by atoms with van der Waals surface area (Å²) in [6.45, 7) is 6.77. The highest BCUT2D eigenvalue weighted by Gasteiger charge is 2.27. The Morgan fingerprint density at radius 3 is 1.09 bits per heavy atom. The van der Waals surface area contributed by atoms with Crippen molar-refractivity contribution in [2.75, 3.05) is 40.9 Å². The van der Waals surface area contributed by atoms with Gasteiger partial charge in [0.15, 0.2) is 0 Å². The number of quaternary nitrogens is 1. The third-order valence-electron chi connectivity index (χ3n) is 16.6. The van der Waals surface area contributed by atoms with Crippen molar-refractivity contribution >= 4 is 19.7 Å². The van der Waals surface area contributed by atoms with E-state index in [1.54, 1.807) is 0 Å². The molecular formula is C78H143N2O7P. The van der Waals surface area contributed by atoms with E-state index in [4.69, 9.17) is 13.8 Å². The summed E-state index contributed by atoms with van der Waals surface area (Å²) in [4.78, 5) is 40.3. The maximum Gasteiger partial charge on any atom is 0.306 e. The van der Waals surface area contributed by atoms with E-state index in [-0.39, 0.29) is 24.9 Å². The molecule has 0 saturated carbocycles. The first-order chi connectivity index (χ1) is 42.9. The third kappa shape index (κ3) is 67.6. The molecule has 1 amide bonds. The summed E-state index contributed by atoms with van der Waals surface area (Å²) in [5.74, 6) is -0.539. The van der Waals surface area contributed by atoms with Gasteiger partial charge in [-0.25, -0.2) is 0 Å². The molecular weight excluding hydrogens is 1110 g/mol. The number of allylic oxidation sites excluding steroid dienone is 13. The number of phosphoric acid groups is 1. The van der Waals surface area contributed by atoms with Gasteiger partial charge in [-0.15, -0.1) is 0 Å². The van der Waals surface area contributed by atoms with Crippen molar-refractivity contribution in [3.05, 3.63) is 85.1 Å². The van der Waals surface area contributed by atoms with Gasteiger partial charge in [0, 0.05) is 12.8 Å². The Kier molecular flexibility index (Phi) is 64.9. The lowest BCUT2D eigenvalue weighted by atomic mass is 10.0. The smallest absolute Gasteiger partial charge is 0.306 e. The zero-order chi connectivity index (χ0) is 64.2. The van der Waals surface area contributed by atoms with Crippen LogP contribution in [0.15, 0.2) is 85.1 Å². The van der Waals surface area contributed by atoms with E-state index in [0.717, 1.165) is 109 Å². The lowest BCUT2D eigenvalue weighted by Crippen LogP contribution is -2.47. The van der Waals surface area contributed by atoms with Gasteiger partial charge in [0.2, 0.25) is 5.91 Å². The van der Waals surface area contributed by atoms with Gasteiger partial charge in [0.05, 0.1) is 33.8 Å². The van der Waals surface area contributed by atoms with Gasteiger partial charge in [-0.3, -0.25) is 14.2 Å². The minimum absolute atomic E-state index is 0.0247. The highest BCUT2D eigenvalue weighted by molar-refractivity contribution is 7.45. The number of carbonyl (C=O) groups is 2. The average molecular weight is 1250 g/mol. The Balaban J connectivity index is 5.02. The molecule has 0 bridgehead atoms. The first kappa shape index (κ1) is 85.2. The van der Waals surface area contributed by atoms with Crippen LogP contribution in [0.25, 0.3) is 0 Å². The van der Waals surface area contributed by atoms with Crippen LogP contribution in [0, 0.1) is 0 Å². The molecule has 88 heavy (non-hydrogen) atoms. The van der Waals surface area contributed by atoms with Crippen molar-refractivity contribution in [2.45, 2.75) is 360 Å². The maximum absolute atomic E-state index is 13.6. The maximum atomic E-state index is 13.6. The molecule has 1 N–H and O–H groups in total. The highest BCUT2D eigenvalue weighted by Crippen LogP contribution is 2.38. The summed E-state index contributed by atoms with van der Waals surface area (Å²) in [6, 6.07) is -0.895. The van der Waals surface area contributed by atoms with Crippen LogP contribution in [-0.4, -0.2) is 69.4 Å². The molecule has 0 aromatic carbocycles. The molecule has 10 heteroatoms. The minimum atomic E-state index is -4.71. The summed E-state index contributed by atoms with van der Waals surface area (Å²) in [7, 11) is 1.19. The van der Waals surface area contributed by atoms with Gasteiger partial charge in [-0.1, -0.05) is 337 Å².